The monoisotopic (exact) mass is 328 g/mol. The molecule has 106 valence electrons. The van der Waals surface area contributed by atoms with E-state index in [0.29, 0.717) is 6.54 Å². The summed E-state index contributed by atoms with van der Waals surface area (Å²) in [5.74, 6) is 0.657. The van der Waals surface area contributed by atoms with Gasteiger partial charge in [-0.05, 0) is 47.0 Å². The van der Waals surface area contributed by atoms with Crippen molar-refractivity contribution in [3.05, 3.63) is 28.2 Å². The third kappa shape index (κ3) is 4.21. The average molecular weight is 329 g/mol. The summed E-state index contributed by atoms with van der Waals surface area (Å²) < 4.78 is 6.06. The van der Waals surface area contributed by atoms with Crippen molar-refractivity contribution in [2.45, 2.75) is 26.3 Å². The number of nitrogens with one attached hydrogen (secondary N) is 1. The Bertz CT molecular complexity index is 433. The predicted molar refractivity (Wildman–Crippen MR) is 80.1 cm³/mol. The van der Waals surface area contributed by atoms with Gasteiger partial charge in [0, 0.05) is 12.5 Å². The van der Waals surface area contributed by atoms with E-state index >= 15 is 0 Å². The van der Waals surface area contributed by atoms with E-state index in [1.807, 2.05) is 32.0 Å². The van der Waals surface area contributed by atoms with E-state index in [9.17, 15) is 4.79 Å². The van der Waals surface area contributed by atoms with Crippen LogP contribution in [-0.4, -0.2) is 19.6 Å². The van der Waals surface area contributed by atoms with E-state index in [1.54, 1.807) is 7.11 Å². The van der Waals surface area contributed by atoms with Gasteiger partial charge >= 0.3 is 0 Å². The maximum atomic E-state index is 12.0. The van der Waals surface area contributed by atoms with Crippen molar-refractivity contribution >= 4 is 21.8 Å². The van der Waals surface area contributed by atoms with Crippen molar-refractivity contribution in [2.75, 3.05) is 13.7 Å². The molecule has 1 aromatic rings. The number of benzene rings is 1. The van der Waals surface area contributed by atoms with Gasteiger partial charge in [-0.15, -0.1) is 0 Å². The van der Waals surface area contributed by atoms with E-state index in [-0.39, 0.29) is 17.9 Å². The van der Waals surface area contributed by atoms with E-state index in [4.69, 9.17) is 10.5 Å². The largest absolute Gasteiger partial charge is 0.496 e. The topological polar surface area (TPSA) is 64.4 Å². The maximum Gasteiger partial charge on any atom is 0.224 e. The first-order chi connectivity index (χ1) is 9.03. The zero-order valence-corrected chi connectivity index (χ0v) is 13.2. The van der Waals surface area contributed by atoms with Crippen LogP contribution in [0, 0.1) is 5.92 Å². The zero-order valence-electron chi connectivity index (χ0n) is 11.6. The van der Waals surface area contributed by atoms with Crippen LogP contribution in [0.4, 0.5) is 0 Å². The van der Waals surface area contributed by atoms with Crippen molar-refractivity contribution in [2.24, 2.45) is 11.7 Å². The second-order valence-corrected chi connectivity index (χ2v) is 5.32. The Labute approximate surface area is 122 Å². The molecule has 5 heteroatoms. The molecule has 0 spiro atoms. The molecule has 2 unspecified atom stereocenters. The van der Waals surface area contributed by atoms with E-state index in [2.05, 4.69) is 21.2 Å². The van der Waals surface area contributed by atoms with Crippen LogP contribution in [0.3, 0.4) is 0 Å². The van der Waals surface area contributed by atoms with Gasteiger partial charge in [-0.3, -0.25) is 4.79 Å². The van der Waals surface area contributed by atoms with Crippen LogP contribution in [0.15, 0.2) is 22.7 Å². The second kappa shape index (κ2) is 7.50. The zero-order chi connectivity index (χ0) is 14.4. The molecule has 4 nitrogen and oxygen atoms in total. The van der Waals surface area contributed by atoms with Crippen molar-refractivity contribution in [3.8, 4) is 5.75 Å². The quantitative estimate of drug-likeness (QED) is 0.843. The Hall–Kier alpha value is -1.07. The molecule has 1 rings (SSSR count). The Morgan fingerprint density at radius 1 is 1.53 bits per heavy atom. The van der Waals surface area contributed by atoms with Gasteiger partial charge in [-0.1, -0.05) is 13.0 Å². The summed E-state index contributed by atoms with van der Waals surface area (Å²) in [4.78, 5) is 12.0. The first kappa shape index (κ1) is 16.0. The van der Waals surface area contributed by atoms with Gasteiger partial charge in [-0.25, -0.2) is 0 Å². The number of amides is 1. The highest BCUT2D eigenvalue weighted by Gasteiger charge is 2.17. The summed E-state index contributed by atoms with van der Waals surface area (Å²) in [6, 6.07) is 5.71. The predicted octanol–water partition coefficient (Wildman–Crippen LogP) is 2.62. The third-order valence-corrected chi connectivity index (χ3v) is 3.80. The maximum absolute atomic E-state index is 12.0. The number of carbonyl (C=O) groups is 1. The van der Waals surface area contributed by atoms with E-state index in [0.717, 1.165) is 22.2 Å². The Kier molecular flexibility index (Phi) is 6.31. The normalized spacial score (nSPS) is 13.7. The second-order valence-electron chi connectivity index (χ2n) is 4.47. The minimum atomic E-state index is -0.121. The number of carbonyl (C=O) groups excluding carboxylic acids is 1. The molecule has 0 saturated heterocycles. The van der Waals surface area contributed by atoms with Crippen LogP contribution in [0.5, 0.6) is 5.75 Å². The molecule has 0 aliphatic heterocycles. The molecule has 1 amide bonds. The number of methoxy groups -OCH3 is 1. The summed E-state index contributed by atoms with van der Waals surface area (Å²) in [5, 5.41) is 2.98. The van der Waals surface area contributed by atoms with Crippen molar-refractivity contribution in [1.82, 2.24) is 5.32 Å². The van der Waals surface area contributed by atoms with Crippen LogP contribution in [0.2, 0.25) is 0 Å². The molecule has 0 saturated carbocycles. The Morgan fingerprint density at radius 3 is 2.68 bits per heavy atom. The molecule has 0 heterocycles. The molecule has 0 bridgehead atoms. The number of rotatable bonds is 6. The first-order valence-corrected chi connectivity index (χ1v) is 7.16. The van der Waals surface area contributed by atoms with Crippen LogP contribution in [-0.2, 0) is 4.79 Å². The highest BCUT2D eigenvalue weighted by Crippen LogP contribution is 2.28. The number of hydrogen-bond acceptors (Lipinski definition) is 3. The van der Waals surface area contributed by atoms with Crippen molar-refractivity contribution in [3.63, 3.8) is 0 Å². The minimum Gasteiger partial charge on any atom is -0.496 e. The lowest BCUT2D eigenvalue weighted by atomic mass is 10.0. The molecule has 0 aliphatic carbocycles. The van der Waals surface area contributed by atoms with Gasteiger partial charge < -0.3 is 15.8 Å². The minimum absolute atomic E-state index is 0.00411. The Morgan fingerprint density at radius 2 is 2.21 bits per heavy atom. The molecular formula is C14H21BrN2O2. The molecular weight excluding hydrogens is 308 g/mol. The molecule has 0 radical (unpaired) electrons. The fraction of sp³-hybridized carbons (Fsp3) is 0.500. The lowest BCUT2D eigenvalue weighted by Crippen LogP contribution is -2.36. The molecule has 19 heavy (non-hydrogen) atoms. The highest BCUT2D eigenvalue weighted by molar-refractivity contribution is 9.10. The smallest absolute Gasteiger partial charge is 0.224 e. The van der Waals surface area contributed by atoms with Gasteiger partial charge in [0.15, 0.2) is 0 Å². The van der Waals surface area contributed by atoms with E-state index < -0.39 is 0 Å². The molecule has 0 aliphatic rings. The van der Waals surface area contributed by atoms with E-state index in [1.165, 1.54) is 0 Å². The third-order valence-electron chi connectivity index (χ3n) is 3.18. The molecule has 0 aromatic heterocycles. The number of nitrogens with two attached hydrogens (primary N) is 1. The van der Waals surface area contributed by atoms with Gasteiger partial charge in [0.1, 0.15) is 5.75 Å². The van der Waals surface area contributed by atoms with Crippen LogP contribution >= 0.6 is 15.9 Å². The highest BCUT2D eigenvalue weighted by atomic mass is 79.9. The lowest BCUT2D eigenvalue weighted by Gasteiger charge is -2.19. The molecule has 1 aromatic carbocycles. The molecule has 2 atom stereocenters. The fourth-order valence-electron chi connectivity index (χ4n) is 1.83. The summed E-state index contributed by atoms with van der Waals surface area (Å²) >= 11 is 3.44. The first-order valence-electron chi connectivity index (χ1n) is 6.37. The summed E-state index contributed by atoms with van der Waals surface area (Å²) in [7, 11) is 1.62. The van der Waals surface area contributed by atoms with Crippen molar-refractivity contribution < 1.29 is 9.53 Å². The average Bonchev–Trinajstić information content (AvgIpc) is 2.39. The number of hydrogen-bond donors (Lipinski definition) is 2. The fourth-order valence-corrected chi connectivity index (χ4v) is 2.38. The molecule has 0 fully saturated rings. The van der Waals surface area contributed by atoms with Crippen LogP contribution in [0.25, 0.3) is 0 Å². The van der Waals surface area contributed by atoms with Crippen LogP contribution < -0.4 is 15.8 Å². The summed E-state index contributed by atoms with van der Waals surface area (Å²) in [5.41, 5.74) is 6.60. The lowest BCUT2D eigenvalue weighted by molar-refractivity contribution is -0.125. The molecule has 3 N–H and O–H groups in total. The van der Waals surface area contributed by atoms with Gasteiger partial charge in [-0.2, -0.15) is 0 Å². The summed E-state index contributed by atoms with van der Waals surface area (Å²) in [6.07, 6.45) is 0.751. The van der Waals surface area contributed by atoms with Crippen molar-refractivity contribution in [1.29, 1.82) is 0 Å². The van der Waals surface area contributed by atoms with Gasteiger partial charge in [0.25, 0.3) is 0 Å². The SMILES string of the molecule is CCC(CN)C(=O)NC(C)c1ccc(OC)c(Br)c1. The Balaban J connectivity index is 2.75. The standard InChI is InChI=1S/C14H21BrN2O2/c1-4-10(8-16)14(18)17-9(2)11-5-6-13(19-3)12(15)7-11/h5-7,9-10H,4,8,16H2,1-3H3,(H,17,18). The van der Waals surface area contributed by atoms with Crippen LogP contribution in [0.1, 0.15) is 31.9 Å². The summed E-state index contributed by atoms with van der Waals surface area (Å²) in [6.45, 7) is 4.29. The number of ether oxygens (including phenoxy) is 1. The number of halogens is 1. The van der Waals surface area contributed by atoms with Gasteiger partial charge in [0.2, 0.25) is 5.91 Å². The van der Waals surface area contributed by atoms with Gasteiger partial charge in [0.05, 0.1) is 17.6 Å².